The molecule has 4 rings (SSSR count). The van der Waals surface area contributed by atoms with E-state index in [2.05, 4.69) is 10.6 Å². The predicted octanol–water partition coefficient (Wildman–Crippen LogP) is 1.26. The number of nitrogens with two attached hydrogens (primary N) is 1. The van der Waals surface area contributed by atoms with Crippen molar-refractivity contribution >= 4 is 17.7 Å². The van der Waals surface area contributed by atoms with E-state index in [0.717, 1.165) is 11.1 Å². The summed E-state index contributed by atoms with van der Waals surface area (Å²) in [4.78, 5) is 41.0. The first kappa shape index (κ1) is 22.0. The smallest absolute Gasteiger partial charge is 0.252 e. The summed E-state index contributed by atoms with van der Waals surface area (Å²) in [6, 6.07) is 16.3. The molecule has 168 valence electrons. The molecule has 2 heterocycles. The molecule has 32 heavy (non-hydrogen) atoms. The molecule has 1 fully saturated rings. The Hall–Kier alpha value is -3.19. The first-order valence-corrected chi connectivity index (χ1v) is 11.1. The van der Waals surface area contributed by atoms with E-state index in [1.165, 1.54) is 0 Å². The molecule has 7 nitrogen and oxygen atoms in total. The monoisotopic (exact) mass is 434 g/mol. The Morgan fingerprint density at radius 3 is 2.56 bits per heavy atom. The second-order valence-electron chi connectivity index (χ2n) is 9.18. The number of hydrogen-bond acceptors (Lipinski definition) is 4. The summed E-state index contributed by atoms with van der Waals surface area (Å²) in [5, 5.41) is 6.06. The van der Waals surface area contributed by atoms with Gasteiger partial charge in [-0.15, -0.1) is 0 Å². The second kappa shape index (κ2) is 8.74. The highest BCUT2D eigenvalue weighted by atomic mass is 16.2. The van der Waals surface area contributed by atoms with Crippen LogP contribution in [-0.2, 0) is 22.4 Å². The Kier molecular flexibility index (Phi) is 6.02. The number of likely N-dealkylation sites (tertiary alicyclic amines) is 1. The van der Waals surface area contributed by atoms with Crippen LogP contribution in [0.1, 0.15) is 35.3 Å². The Bertz CT molecular complexity index is 1020. The summed E-state index contributed by atoms with van der Waals surface area (Å²) in [6.45, 7) is 4.27. The van der Waals surface area contributed by atoms with Crippen molar-refractivity contribution in [2.45, 2.75) is 44.3 Å². The van der Waals surface area contributed by atoms with Crippen LogP contribution in [-0.4, -0.2) is 53.3 Å². The molecular formula is C25H30N4O3. The van der Waals surface area contributed by atoms with E-state index in [9.17, 15) is 14.4 Å². The molecule has 1 spiro atoms. The van der Waals surface area contributed by atoms with Crippen molar-refractivity contribution in [2.24, 2.45) is 11.7 Å². The number of nitrogens with one attached hydrogen (secondary N) is 2. The van der Waals surface area contributed by atoms with Gasteiger partial charge in [-0.3, -0.25) is 14.4 Å². The Balaban J connectivity index is 1.60. The first-order chi connectivity index (χ1) is 15.3. The lowest BCUT2D eigenvalue weighted by Gasteiger charge is -2.39. The summed E-state index contributed by atoms with van der Waals surface area (Å²) in [5.74, 6) is -1.14. The van der Waals surface area contributed by atoms with Gasteiger partial charge in [0.15, 0.2) is 0 Å². The van der Waals surface area contributed by atoms with Gasteiger partial charge in [0.1, 0.15) is 0 Å². The van der Waals surface area contributed by atoms with Gasteiger partial charge in [0, 0.05) is 24.7 Å². The number of amides is 3. The minimum Gasteiger partial charge on any atom is -0.354 e. The van der Waals surface area contributed by atoms with Gasteiger partial charge in [0.05, 0.1) is 17.5 Å². The molecule has 0 aliphatic carbocycles. The number of carbonyl (C=O) groups excluding carboxylic acids is 3. The molecule has 2 aliphatic rings. The fourth-order valence-electron chi connectivity index (χ4n) is 4.87. The summed E-state index contributed by atoms with van der Waals surface area (Å²) in [6.07, 6.45) is 0.907. The van der Waals surface area contributed by atoms with E-state index in [-0.39, 0.29) is 36.9 Å². The number of benzene rings is 2. The van der Waals surface area contributed by atoms with Crippen molar-refractivity contribution in [3.63, 3.8) is 0 Å². The molecule has 0 radical (unpaired) electrons. The lowest BCUT2D eigenvalue weighted by Crippen LogP contribution is -2.62. The number of nitrogens with zero attached hydrogens (tertiary/aromatic N) is 1. The fourth-order valence-corrected chi connectivity index (χ4v) is 4.87. The Morgan fingerprint density at radius 1 is 1.16 bits per heavy atom. The minimum absolute atomic E-state index is 0.0452. The highest BCUT2D eigenvalue weighted by molar-refractivity contribution is 5.98. The van der Waals surface area contributed by atoms with Gasteiger partial charge in [-0.05, 0) is 43.9 Å². The zero-order valence-electron chi connectivity index (χ0n) is 18.5. The van der Waals surface area contributed by atoms with Crippen LogP contribution < -0.4 is 16.4 Å². The van der Waals surface area contributed by atoms with Crippen molar-refractivity contribution < 1.29 is 14.4 Å². The van der Waals surface area contributed by atoms with Crippen molar-refractivity contribution in [1.29, 1.82) is 0 Å². The van der Waals surface area contributed by atoms with Crippen LogP contribution in [0.25, 0.3) is 0 Å². The average molecular weight is 435 g/mol. The molecule has 0 unspecified atom stereocenters. The topological polar surface area (TPSA) is 105 Å². The molecule has 2 aliphatic heterocycles. The zero-order valence-corrected chi connectivity index (χ0v) is 18.5. The molecule has 1 saturated heterocycles. The van der Waals surface area contributed by atoms with Crippen molar-refractivity contribution in [3.8, 4) is 0 Å². The molecule has 2 aromatic carbocycles. The molecular weight excluding hydrogens is 404 g/mol. The minimum atomic E-state index is -0.855. The van der Waals surface area contributed by atoms with E-state index < -0.39 is 17.5 Å². The molecule has 4 N–H and O–H groups in total. The zero-order chi connectivity index (χ0) is 22.9. The highest BCUT2D eigenvalue weighted by Crippen LogP contribution is 2.36. The van der Waals surface area contributed by atoms with E-state index in [1.807, 2.05) is 62.4 Å². The van der Waals surface area contributed by atoms with Gasteiger partial charge >= 0.3 is 0 Å². The van der Waals surface area contributed by atoms with Crippen LogP contribution >= 0.6 is 0 Å². The third kappa shape index (κ3) is 4.25. The summed E-state index contributed by atoms with van der Waals surface area (Å²) >= 11 is 0. The highest BCUT2D eigenvalue weighted by Gasteiger charge is 2.54. The van der Waals surface area contributed by atoms with Gasteiger partial charge in [0.25, 0.3) is 5.91 Å². The van der Waals surface area contributed by atoms with E-state index in [0.29, 0.717) is 18.4 Å². The Morgan fingerprint density at radius 2 is 1.84 bits per heavy atom. The van der Waals surface area contributed by atoms with E-state index >= 15 is 0 Å². The fraction of sp³-hybridized carbons (Fsp3) is 0.400. The lowest BCUT2D eigenvalue weighted by atomic mass is 9.77. The lowest BCUT2D eigenvalue weighted by molar-refractivity contribution is -0.132. The maximum atomic E-state index is 13.2. The summed E-state index contributed by atoms with van der Waals surface area (Å²) in [7, 11) is 0. The molecule has 0 saturated carbocycles. The SMILES string of the molecule is CC(C)NC(=O)[C@@H]1CN(C(=O)[C@@H](N)Cc2ccccc2)C[C@]12Cc1ccccc1C(=O)N2. The Labute approximate surface area is 188 Å². The van der Waals surface area contributed by atoms with Crippen molar-refractivity contribution in [1.82, 2.24) is 15.5 Å². The number of rotatable bonds is 5. The summed E-state index contributed by atoms with van der Waals surface area (Å²) < 4.78 is 0. The van der Waals surface area contributed by atoms with Crippen LogP contribution in [0.15, 0.2) is 54.6 Å². The summed E-state index contributed by atoms with van der Waals surface area (Å²) in [5.41, 5.74) is 7.91. The molecule has 3 atom stereocenters. The van der Waals surface area contributed by atoms with Crippen molar-refractivity contribution in [3.05, 3.63) is 71.3 Å². The maximum absolute atomic E-state index is 13.2. The third-order valence-corrected chi connectivity index (χ3v) is 6.35. The third-order valence-electron chi connectivity index (χ3n) is 6.35. The van der Waals surface area contributed by atoms with Gasteiger partial charge in [-0.25, -0.2) is 0 Å². The van der Waals surface area contributed by atoms with Gasteiger partial charge in [-0.2, -0.15) is 0 Å². The van der Waals surface area contributed by atoms with E-state index in [4.69, 9.17) is 5.73 Å². The normalized spacial score (nSPS) is 23.1. The quantitative estimate of drug-likeness (QED) is 0.659. The van der Waals surface area contributed by atoms with Crippen LogP contribution in [0, 0.1) is 5.92 Å². The molecule has 3 amide bonds. The van der Waals surface area contributed by atoms with E-state index in [1.54, 1.807) is 11.0 Å². The molecule has 0 bridgehead atoms. The average Bonchev–Trinajstić information content (AvgIpc) is 3.11. The molecule has 0 aromatic heterocycles. The van der Waals surface area contributed by atoms with Crippen LogP contribution in [0.3, 0.4) is 0 Å². The van der Waals surface area contributed by atoms with Crippen molar-refractivity contribution in [2.75, 3.05) is 13.1 Å². The van der Waals surface area contributed by atoms with Crippen LogP contribution in [0.2, 0.25) is 0 Å². The standard InChI is InChI=1S/C25H30N4O3/c1-16(2)27-23(31)20-14-29(24(32)21(26)12-17-8-4-3-5-9-17)15-25(20)13-18-10-6-7-11-19(18)22(30)28-25/h3-11,16,20-21H,12-15,26H2,1-2H3,(H,27,31)(H,28,30)/t20-,21-,25+/m0/s1. The number of carbonyl (C=O) groups is 3. The van der Waals surface area contributed by atoms with Crippen LogP contribution in [0.4, 0.5) is 0 Å². The number of fused-ring (bicyclic) bond motifs is 1. The van der Waals surface area contributed by atoms with Gasteiger partial charge in [-0.1, -0.05) is 48.5 Å². The van der Waals surface area contributed by atoms with Gasteiger partial charge in [0.2, 0.25) is 11.8 Å². The maximum Gasteiger partial charge on any atom is 0.252 e. The van der Waals surface area contributed by atoms with Gasteiger partial charge < -0.3 is 21.3 Å². The first-order valence-electron chi connectivity index (χ1n) is 11.1. The molecule has 7 heteroatoms. The second-order valence-corrected chi connectivity index (χ2v) is 9.18. The predicted molar refractivity (Wildman–Crippen MR) is 122 cm³/mol. The number of hydrogen-bond donors (Lipinski definition) is 3. The largest absolute Gasteiger partial charge is 0.354 e. The van der Waals surface area contributed by atoms with Crippen LogP contribution in [0.5, 0.6) is 0 Å². The molecule has 2 aromatic rings.